The van der Waals surface area contributed by atoms with E-state index in [9.17, 15) is 0 Å². The van der Waals surface area contributed by atoms with Crippen molar-refractivity contribution >= 4 is 17.3 Å². The highest BCUT2D eigenvalue weighted by Crippen LogP contribution is 2.27. The van der Waals surface area contributed by atoms with Crippen molar-refractivity contribution in [1.82, 2.24) is 5.32 Å². The van der Waals surface area contributed by atoms with Crippen LogP contribution in [0.3, 0.4) is 0 Å². The van der Waals surface area contributed by atoms with Crippen LogP contribution in [0.2, 0.25) is 5.02 Å². The maximum atomic E-state index is 6.23. The van der Waals surface area contributed by atoms with Gasteiger partial charge in [0.25, 0.3) is 0 Å². The van der Waals surface area contributed by atoms with Crippen molar-refractivity contribution in [3.63, 3.8) is 0 Å². The largest absolute Gasteiger partial charge is 0.381 e. The normalized spacial score (nSPS) is 20.3. The molecule has 1 heterocycles. The van der Waals surface area contributed by atoms with Gasteiger partial charge in [0.2, 0.25) is 0 Å². The van der Waals surface area contributed by atoms with E-state index in [1.165, 1.54) is 11.1 Å². The smallest absolute Gasteiger partial charge is 0.0872 e. The summed E-state index contributed by atoms with van der Waals surface area (Å²) in [5.41, 5.74) is 3.39. The van der Waals surface area contributed by atoms with Crippen molar-refractivity contribution in [2.45, 2.75) is 20.0 Å². The van der Waals surface area contributed by atoms with E-state index in [-0.39, 0.29) is 6.10 Å². The Hall–Kier alpha value is -0.770. The van der Waals surface area contributed by atoms with Crippen molar-refractivity contribution in [1.29, 1.82) is 0 Å². The van der Waals surface area contributed by atoms with E-state index >= 15 is 0 Å². The number of nitrogens with one attached hydrogen (secondary N) is 2. The van der Waals surface area contributed by atoms with Crippen molar-refractivity contribution in [2.75, 3.05) is 31.6 Å². The van der Waals surface area contributed by atoms with Crippen molar-refractivity contribution in [3.05, 3.63) is 28.3 Å². The summed E-state index contributed by atoms with van der Waals surface area (Å²) in [7, 11) is 0. The van der Waals surface area contributed by atoms with Crippen molar-refractivity contribution < 1.29 is 4.74 Å². The molecule has 1 fully saturated rings. The van der Waals surface area contributed by atoms with Crippen LogP contribution < -0.4 is 10.6 Å². The molecule has 1 aliphatic heterocycles. The minimum atomic E-state index is 0.223. The summed E-state index contributed by atoms with van der Waals surface area (Å²) in [5, 5.41) is 7.48. The molecule has 1 aromatic carbocycles. The highest BCUT2D eigenvalue weighted by atomic mass is 35.5. The second-order valence-electron chi connectivity index (χ2n) is 4.52. The number of aryl methyl sites for hydroxylation is 2. The zero-order valence-corrected chi connectivity index (χ0v) is 11.1. The second kappa shape index (κ2) is 5.71. The highest BCUT2D eigenvalue weighted by Gasteiger charge is 2.14. The Morgan fingerprint density at radius 3 is 2.94 bits per heavy atom. The molecule has 0 spiro atoms. The van der Waals surface area contributed by atoms with Crippen LogP contribution in [0.15, 0.2) is 12.1 Å². The van der Waals surface area contributed by atoms with Gasteiger partial charge in [-0.25, -0.2) is 0 Å². The first-order valence-corrected chi connectivity index (χ1v) is 6.37. The zero-order chi connectivity index (χ0) is 12.3. The van der Waals surface area contributed by atoms with Crippen LogP contribution in [0.25, 0.3) is 0 Å². The molecule has 94 valence electrons. The summed E-state index contributed by atoms with van der Waals surface area (Å²) in [6.45, 7) is 7.54. The molecule has 1 saturated heterocycles. The van der Waals surface area contributed by atoms with Gasteiger partial charge in [-0.3, -0.25) is 0 Å². The molecular formula is C13H19ClN2O. The standard InChI is InChI=1S/C13H19ClN2O/c1-9-5-10(2)13(12(14)6-9)16-8-11-7-15-3-4-17-11/h5-6,11,15-16H,3-4,7-8H2,1-2H3. The predicted octanol–water partition coefficient (Wildman–Crippen LogP) is 2.36. The van der Waals surface area contributed by atoms with E-state index in [1.807, 2.05) is 6.07 Å². The summed E-state index contributed by atoms with van der Waals surface area (Å²) in [6.07, 6.45) is 0.223. The molecule has 3 nitrogen and oxygen atoms in total. The number of rotatable bonds is 3. The van der Waals surface area contributed by atoms with E-state index in [2.05, 4.69) is 30.5 Å². The SMILES string of the molecule is Cc1cc(C)c(NCC2CNCCO2)c(Cl)c1. The molecule has 0 radical (unpaired) electrons. The van der Waals surface area contributed by atoms with Gasteiger partial charge in [-0.05, 0) is 31.0 Å². The van der Waals surface area contributed by atoms with Crippen LogP contribution in [0, 0.1) is 13.8 Å². The van der Waals surface area contributed by atoms with Gasteiger partial charge in [-0.2, -0.15) is 0 Å². The molecule has 0 aliphatic carbocycles. The number of ether oxygens (including phenoxy) is 1. The minimum Gasteiger partial charge on any atom is -0.381 e. The van der Waals surface area contributed by atoms with E-state index in [0.29, 0.717) is 0 Å². The molecule has 4 heteroatoms. The Bertz CT molecular complexity index is 366. The molecular weight excluding hydrogens is 236 g/mol. The van der Waals surface area contributed by atoms with E-state index in [1.54, 1.807) is 0 Å². The summed E-state index contributed by atoms with van der Waals surface area (Å²) in [5.74, 6) is 0. The lowest BCUT2D eigenvalue weighted by Gasteiger charge is -2.25. The Kier molecular flexibility index (Phi) is 4.26. The average Bonchev–Trinajstić information content (AvgIpc) is 2.29. The topological polar surface area (TPSA) is 33.3 Å². The lowest BCUT2D eigenvalue weighted by atomic mass is 10.1. The van der Waals surface area contributed by atoms with Gasteiger partial charge in [0.15, 0.2) is 0 Å². The van der Waals surface area contributed by atoms with Gasteiger partial charge in [0.05, 0.1) is 23.4 Å². The molecule has 1 aromatic rings. The van der Waals surface area contributed by atoms with Crippen molar-refractivity contribution in [3.8, 4) is 0 Å². The summed E-state index contributed by atoms with van der Waals surface area (Å²) in [4.78, 5) is 0. The van der Waals surface area contributed by atoms with Crippen LogP contribution in [-0.4, -0.2) is 32.3 Å². The van der Waals surface area contributed by atoms with Gasteiger partial charge < -0.3 is 15.4 Å². The number of halogens is 1. The van der Waals surface area contributed by atoms with Gasteiger partial charge in [-0.15, -0.1) is 0 Å². The molecule has 2 N–H and O–H groups in total. The fourth-order valence-corrected chi connectivity index (χ4v) is 2.49. The Balaban J connectivity index is 1.98. The second-order valence-corrected chi connectivity index (χ2v) is 4.92. The molecule has 17 heavy (non-hydrogen) atoms. The van der Waals surface area contributed by atoms with Crippen LogP contribution in [0.4, 0.5) is 5.69 Å². The number of hydrogen-bond donors (Lipinski definition) is 2. The van der Waals surface area contributed by atoms with E-state index in [4.69, 9.17) is 16.3 Å². The lowest BCUT2D eigenvalue weighted by Crippen LogP contribution is -2.42. The van der Waals surface area contributed by atoms with E-state index < -0.39 is 0 Å². The van der Waals surface area contributed by atoms with Gasteiger partial charge in [0, 0.05) is 19.6 Å². The predicted molar refractivity (Wildman–Crippen MR) is 72.0 cm³/mol. The molecule has 0 bridgehead atoms. The molecule has 1 aliphatic rings. The summed E-state index contributed by atoms with van der Waals surface area (Å²) >= 11 is 6.23. The summed E-state index contributed by atoms with van der Waals surface area (Å²) in [6, 6.07) is 4.12. The molecule has 0 amide bonds. The van der Waals surface area contributed by atoms with Crippen LogP contribution >= 0.6 is 11.6 Å². The first kappa shape index (κ1) is 12.7. The first-order valence-electron chi connectivity index (χ1n) is 6.00. The molecule has 1 unspecified atom stereocenters. The van der Waals surface area contributed by atoms with E-state index in [0.717, 1.165) is 37.0 Å². The maximum absolute atomic E-state index is 6.23. The average molecular weight is 255 g/mol. The van der Waals surface area contributed by atoms with Crippen LogP contribution in [0.5, 0.6) is 0 Å². The molecule has 1 atom stereocenters. The number of anilines is 1. The number of hydrogen-bond acceptors (Lipinski definition) is 3. The van der Waals surface area contributed by atoms with Gasteiger partial charge in [0.1, 0.15) is 0 Å². The number of benzene rings is 1. The Labute approximate surface area is 107 Å². The maximum Gasteiger partial charge on any atom is 0.0872 e. The third-order valence-electron chi connectivity index (χ3n) is 2.94. The first-order chi connectivity index (χ1) is 8.16. The third kappa shape index (κ3) is 3.35. The summed E-state index contributed by atoms with van der Waals surface area (Å²) < 4.78 is 5.64. The Morgan fingerprint density at radius 1 is 1.47 bits per heavy atom. The highest BCUT2D eigenvalue weighted by molar-refractivity contribution is 6.33. The lowest BCUT2D eigenvalue weighted by molar-refractivity contribution is 0.0372. The third-order valence-corrected chi connectivity index (χ3v) is 3.24. The molecule has 0 saturated carbocycles. The van der Waals surface area contributed by atoms with Crippen LogP contribution in [0.1, 0.15) is 11.1 Å². The van der Waals surface area contributed by atoms with Gasteiger partial charge >= 0.3 is 0 Å². The fourth-order valence-electron chi connectivity index (χ4n) is 2.11. The zero-order valence-electron chi connectivity index (χ0n) is 10.3. The van der Waals surface area contributed by atoms with Crippen molar-refractivity contribution in [2.24, 2.45) is 0 Å². The Morgan fingerprint density at radius 2 is 2.29 bits per heavy atom. The quantitative estimate of drug-likeness (QED) is 0.869. The van der Waals surface area contributed by atoms with Gasteiger partial charge in [-0.1, -0.05) is 17.7 Å². The minimum absolute atomic E-state index is 0.223. The monoisotopic (exact) mass is 254 g/mol. The number of morpholine rings is 1. The molecule has 0 aromatic heterocycles. The van der Waals surface area contributed by atoms with Crippen LogP contribution in [-0.2, 0) is 4.74 Å². The molecule has 2 rings (SSSR count). The fraction of sp³-hybridized carbons (Fsp3) is 0.538.